The first-order valence-electron chi connectivity index (χ1n) is 6.73. The predicted molar refractivity (Wildman–Crippen MR) is 77.4 cm³/mol. The van der Waals surface area contributed by atoms with Gasteiger partial charge < -0.3 is 9.47 Å². The van der Waals surface area contributed by atoms with Gasteiger partial charge in [-0.05, 0) is 30.4 Å². The van der Waals surface area contributed by atoms with Crippen LogP contribution in [0, 0.1) is 12.8 Å². The van der Waals surface area contributed by atoms with E-state index in [1.807, 2.05) is 26.8 Å². The van der Waals surface area contributed by atoms with E-state index in [2.05, 4.69) is 6.92 Å². The summed E-state index contributed by atoms with van der Waals surface area (Å²) in [5, 5.41) is 0. The van der Waals surface area contributed by atoms with Crippen molar-refractivity contribution < 1.29 is 14.3 Å². The molecule has 0 bridgehead atoms. The zero-order chi connectivity index (χ0) is 14.6. The minimum Gasteiger partial charge on any atom is -0.496 e. The summed E-state index contributed by atoms with van der Waals surface area (Å²) in [5.74, 6) is 1.88. The fraction of sp³-hybridized carbons (Fsp3) is 0.562. The van der Waals surface area contributed by atoms with E-state index in [1.165, 1.54) is 0 Å². The maximum Gasteiger partial charge on any atom is 0.167 e. The number of rotatable bonds is 6. The SMILES string of the molecule is CCc1c(OC)cc(OC)c(C(=O)CC(C)C)c1C. The number of benzene rings is 1. The lowest BCUT2D eigenvalue weighted by atomic mass is 9.92. The molecule has 0 N–H and O–H groups in total. The molecule has 3 nitrogen and oxygen atoms in total. The zero-order valence-electron chi connectivity index (χ0n) is 12.8. The Morgan fingerprint density at radius 1 is 1.21 bits per heavy atom. The first-order valence-corrected chi connectivity index (χ1v) is 6.73. The lowest BCUT2D eigenvalue weighted by Crippen LogP contribution is -2.10. The number of hydrogen-bond donors (Lipinski definition) is 0. The van der Waals surface area contributed by atoms with Crippen molar-refractivity contribution in [1.82, 2.24) is 0 Å². The average Bonchev–Trinajstić information content (AvgIpc) is 2.36. The number of carbonyl (C=O) groups is 1. The van der Waals surface area contributed by atoms with E-state index in [-0.39, 0.29) is 5.78 Å². The van der Waals surface area contributed by atoms with E-state index in [9.17, 15) is 4.79 Å². The zero-order valence-corrected chi connectivity index (χ0v) is 12.8. The number of ketones is 1. The van der Waals surface area contributed by atoms with Gasteiger partial charge in [0.2, 0.25) is 0 Å². The summed E-state index contributed by atoms with van der Waals surface area (Å²) in [4.78, 5) is 12.4. The van der Waals surface area contributed by atoms with E-state index in [0.717, 1.165) is 23.3 Å². The third-order valence-electron chi connectivity index (χ3n) is 3.30. The molecule has 1 aromatic rings. The van der Waals surface area contributed by atoms with Crippen LogP contribution in [0.4, 0.5) is 0 Å². The molecule has 0 saturated carbocycles. The number of ether oxygens (including phenoxy) is 2. The number of carbonyl (C=O) groups excluding carboxylic acids is 1. The Bertz CT molecular complexity index is 462. The highest BCUT2D eigenvalue weighted by Gasteiger charge is 2.21. The summed E-state index contributed by atoms with van der Waals surface area (Å²) in [6.07, 6.45) is 1.37. The van der Waals surface area contributed by atoms with Crippen LogP contribution in [0.1, 0.15) is 48.7 Å². The summed E-state index contributed by atoms with van der Waals surface area (Å²) in [5.41, 5.74) is 2.76. The molecule has 19 heavy (non-hydrogen) atoms. The Balaban J connectivity index is 3.40. The molecule has 0 aliphatic carbocycles. The molecule has 0 atom stereocenters. The van der Waals surface area contributed by atoms with Gasteiger partial charge in [0, 0.05) is 12.5 Å². The fourth-order valence-electron chi connectivity index (χ4n) is 2.40. The molecule has 0 heterocycles. The first-order chi connectivity index (χ1) is 8.96. The number of Topliss-reactive ketones (excluding diaryl/α,β-unsaturated/α-hetero) is 1. The van der Waals surface area contributed by atoms with Crippen molar-refractivity contribution in [3.63, 3.8) is 0 Å². The minimum absolute atomic E-state index is 0.140. The maximum absolute atomic E-state index is 12.4. The van der Waals surface area contributed by atoms with Crippen molar-refractivity contribution in [3.8, 4) is 11.5 Å². The smallest absolute Gasteiger partial charge is 0.167 e. The molecule has 106 valence electrons. The van der Waals surface area contributed by atoms with Crippen LogP contribution in [-0.4, -0.2) is 20.0 Å². The Labute approximate surface area is 115 Å². The third-order valence-corrected chi connectivity index (χ3v) is 3.30. The second-order valence-electron chi connectivity index (χ2n) is 5.13. The van der Waals surface area contributed by atoms with Crippen LogP contribution in [0.25, 0.3) is 0 Å². The van der Waals surface area contributed by atoms with E-state index in [4.69, 9.17) is 9.47 Å². The molecule has 0 aliphatic heterocycles. The molecule has 0 saturated heterocycles. The number of hydrogen-bond acceptors (Lipinski definition) is 3. The Morgan fingerprint density at radius 3 is 2.21 bits per heavy atom. The van der Waals surface area contributed by atoms with E-state index in [1.54, 1.807) is 14.2 Å². The molecule has 0 amide bonds. The third kappa shape index (κ3) is 3.28. The Hall–Kier alpha value is -1.51. The van der Waals surface area contributed by atoms with Crippen LogP contribution in [-0.2, 0) is 6.42 Å². The average molecular weight is 264 g/mol. The predicted octanol–water partition coefficient (Wildman–Crippen LogP) is 3.80. The Morgan fingerprint density at radius 2 is 1.79 bits per heavy atom. The molecule has 0 aliphatic rings. The van der Waals surface area contributed by atoms with Crippen molar-refractivity contribution >= 4 is 5.78 Å². The van der Waals surface area contributed by atoms with Crippen LogP contribution in [0.5, 0.6) is 11.5 Å². The van der Waals surface area contributed by atoms with Crippen molar-refractivity contribution in [2.45, 2.75) is 40.5 Å². The van der Waals surface area contributed by atoms with E-state index in [0.29, 0.717) is 23.7 Å². The minimum atomic E-state index is 0.140. The summed E-state index contributed by atoms with van der Waals surface area (Å²) < 4.78 is 10.8. The van der Waals surface area contributed by atoms with Crippen LogP contribution in [0.2, 0.25) is 0 Å². The van der Waals surface area contributed by atoms with Gasteiger partial charge in [0.25, 0.3) is 0 Å². The van der Waals surface area contributed by atoms with E-state index < -0.39 is 0 Å². The summed E-state index contributed by atoms with van der Waals surface area (Å²) >= 11 is 0. The summed E-state index contributed by atoms with van der Waals surface area (Å²) in [6, 6.07) is 1.82. The second kappa shape index (κ2) is 6.60. The van der Waals surface area contributed by atoms with Crippen LogP contribution < -0.4 is 9.47 Å². The summed E-state index contributed by atoms with van der Waals surface area (Å²) in [6.45, 7) is 8.12. The highest BCUT2D eigenvalue weighted by atomic mass is 16.5. The van der Waals surface area contributed by atoms with Crippen molar-refractivity contribution in [3.05, 3.63) is 22.8 Å². The van der Waals surface area contributed by atoms with E-state index >= 15 is 0 Å². The molecule has 0 aromatic heterocycles. The fourth-order valence-corrected chi connectivity index (χ4v) is 2.40. The van der Waals surface area contributed by atoms with Gasteiger partial charge in [0.15, 0.2) is 5.78 Å². The highest BCUT2D eigenvalue weighted by molar-refractivity contribution is 6.00. The molecule has 0 radical (unpaired) electrons. The lowest BCUT2D eigenvalue weighted by molar-refractivity contribution is 0.0964. The Kier molecular flexibility index (Phi) is 5.40. The van der Waals surface area contributed by atoms with Crippen LogP contribution in [0.15, 0.2) is 6.07 Å². The molecule has 1 aromatic carbocycles. The maximum atomic E-state index is 12.4. The molecular weight excluding hydrogens is 240 g/mol. The summed E-state index contributed by atoms with van der Waals surface area (Å²) in [7, 11) is 3.23. The first kappa shape index (κ1) is 15.5. The molecule has 3 heteroatoms. The lowest BCUT2D eigenvalue weighted by Gasteiger charge is -2.18. The quantitative estimate of drug-likeness (QED) is 0.733. The monoisotopic (exact) mass is 264 g/mol. The van der Waals surface area contributed by atoms with Crippen LogP contribution >= 0.6 is 0 Å². The topological polar surface area (TPSA) is 35.5 Å². The van der Waals surface area contributed by atoms with Crippen LogP contribution in [0.3, 0.4) is 0 Å². The van der Waals surface area contributed by atoms with Gasteiger partial charge in [-0.3, -0.25) is 4.79 Å². The van der Waals surface area contributed by atoms with Gasteiger partial charge in [-0.1, -0.05) is 20.8 Å². The molecule has 0 spiro atoms. The van der Waals surface area contributed by atoms with Gasteiger partial charge in [0.1, 0.15) is 11.5 Å². The van der Waals surface area contributed by atoms with Crippen molar-refractivity contribution in [1.29, 1.82) is 0 Å². The largest absolute Gasteiger partial charge is 0.496 e. The second-order valence-corrected chi connectivity index (χ2v) is 5.13. The molecule has 0 fully saturated rings. The van der Waals surface area contributed by atoms with Gasteiger partial charge >= 0.3 is 0 Å². The normalized spacial score (nSPS) is 10.7. The number of methoxy groups -OCH3 is 2. The molecule has 0 unspecified atom stereocenters. The van der Waals surface area contributed by atoms with Crippen molar-refractivity contribution in [2.75, 3.05) is 14.2 Å². The highest BCUT2D eigenvalue weighted by Crippen LogP contribution is 2.34. The van der Waals surface area contributed by atoms with Crippen molar-refractivity contribution in [2.24, 2.45) is 5.92 Å². The van der Waals surface area contributed by atoms with Gasteiger partial charge in [-0.25, -0.2) is 0 Å². The van der Waals surface area contributed by atoms with Gasteiger partial charge in [-0.2, -0.15) is 0 Å². The van der Waals surface area contributed by atoms with Gasteiger partial charge in [0.05, 0.1) is 19.8 Å². The standard InChI is InChI=1S/C16H24O3/c1-7-12-11(4)16(13(17)8-10(2)3)15(19-6)9-14(12)18-5/h9-10H,7-8H2,1-6H3. The molecule has 1 rings (SSSR count). The molecular formula is C16H24O3. The van der Waals surface area contributed by atoms with Gasteiger partial charge in [-0.15, -0.1) is 0 Å².